The third kappa shape index (κ3) is 2.88. The Morgan fingerprint density at radius 1 is 1.45 bits per heavy atom. The molecule has 0 saturated carbocycles. The van der Waals surface area contributed by atoms with Gasteiger partial charge in [-0.3, -0.25) is 0 Å². The molecule has 1 atom stereocenters. The van der Waals surface area contributed by atoms with E-state index in [0.29, 0.717) is 17.2 Å². The molecular weight excluding hydrogens is 300 g/mol. The standard InChI is InChI=1S/C15H18N4O2S/c1-8(6-16)7-19(4)13-11-9(2)12(15(20)21-5)22-14(11)18-10(3)17-13/h8H,7H2,1-5H3/t8-/m1/s1. The molecule has 0 bridgehead atoms. The monoisotopic (exact) mass is 318 g/mol. The van der Waals surface area contributed by atoms with E-state index in [1.165, 1.54) is 18.4 Å². The van der Waals surface area contributed by atoms with E-state index in [2.05, 4.69) is 16.0 Å². The number of esters is 1. The number of carbonyl (C=O) groups is 1. The number of ether oxygens (including phenoxy) is 1. The fraction of sp³-hybridized carbons (Fsp3) is 0.467. The first-order valence-electron chi connectivity index (χ1n) is 6.85. The van der Waals surface area contributed by atoms with Crippen LogP contribution < -0.4 is 4.90 Å². The summed E-state index contributed by atoms with van der Waals surface area (Å²) in [4.78, 5) is 24.0. The first-order chi connectivity index (χ1) is 10.4. The van der Waals surface area contributed by atoms with Crippen LogP contribution in [0.25, 0.3) is 10.2 Å². The number of nitriles is 1. The molecule has 0 spiro atoms. The van der Waals surface area contributed by atoms with E-state index in [0.717, 1.165) is 21.6 Å². The van der Waals surface area contributed by atoms with Crippen molar-refractivity contribution in [2.75, 3.05) is 25.6 Å². The summed E-state index contributed by atoms with van der Waals surface area (Å²) in [5.41, 5.74) is 0.818. The fourth-order valence-corrected chi connectivity index (χ4v) is 3.46. The Morgan fingerprint density at radius 3 is 2.73 bits per heavy atom. The van der Waals surface area contributed by atoms with Gasteiger partial charge in [-0.1, -0.05) is 0 Å². The second-order valence-electron chi connectivity index (χ2n) is 5.23. The average molecular weight is 318 g/mol. The number of aromatic nitrogens is 2. The molecule has 0 unspecified atom stereocenters. The zero-order chi connectivity index (χ0) is 16.4. The van der Waals surface area contributed by atoms with E-state index < -0.39 is 0 Å². The summed E-state index contributed by atoms with van der Waals surface area (Å²) in [5, 5.41) is 9.84. The van der Waals surface area contributed by atoms with Crippen LogP contribution in [0.2, 0.25) is 0 Å². The van der Waals surface area contributed by atoms with Crippen molar-refractivity contribution in [2.24, 2.45) is 5.92 Å². The third-order valence-corrected chi connectivity index (χ3v) is 4.55. The Kier molecular flexibility index (Phi) is 4.62. The van der Waals surface area contributed by atoms with Crippen LogP contribution in [-0.4, -0.2) is 36.6 Å². The van der Waals surface area contributed by atoms with Gasteiger partial charge in [0.2, 0.25) is 0 Å². The first-order valence-corrected chi connectivity index (χ1v) is 7.67. The number of nitrogens with zero attached hydrogens (tertiary/aromatic N) is 4. The lowest BCUT2D eigenvalue weighted by molar-refractivity contribution is 0.0605. The predicted octanol–water partition coefficient (Wildman–Crippen LogP) is 2.69. The lowest BCUT2D eigenvalue weighted by Gasteiger charge is -2.20. The van der Waals surface area contributed by atoms with Gasteiger partial charge in [0, 0.05) is 13.6 Å². The average Bonchev–Trinajstić information content (AvgIpc) is 2.82. The van der Waals surface area contributed by atoms with E-state index in [4.69, 9.17) is 10.00 Å². The second kappa shape index (κ2) is 6.28. The number of thiophene rings is 1. The molecule has 0 saturated heterocycles. The minimum Gasteiger partial charge on any atom is -0.465 e. The molecule has 2 aromatic heterocycles. The molecule has 0 N–H and O–H groups in total. The Hall–Kier alpha value is -2.20. The number of fused-ring (bicyclic) bond motifs is 1. The third-order valence-electron chi connectivity index (χ3n) is 3.38. The van der Waals surface area contributed by atoms with Crippen LogP contribution in [0.5, 0.6) is 0 Å². The van der Waals surface area contributed by atoms with Gasteiger partial charge in [0.1, 0.15) is 21.3 Å². The summed E-state index contributed by atoms with van der Waals surface area (Å²) in [6, 6.07) is 2.22. The Balaban J connectivity index is 2.61. The molecule has 0 radical (unpaired) electrons. The Labute approximate surface area is 133 Å². The molecule has 0 aliphatic carbocycles. The van der Waals surface area contributed by atoms with Crippen molar-refractivity contribution in [1.82, 2.24) is 9.97 Å². The predicted molar refractivity (Wildman–Crippen MR) is 86.3 cm³/mol. The summed E-state index contributed by atoms with van der Waals surface area (Å²) in [7, 11) is 3.26. The molecule has 0 aromatic carbocycles. The fourth-order valence-electron chi connectivity index (χ4n) is 2.32. The Bertz CT molecular complexity index is 763. The molecule has 0 fully saturated rings. The largest absolute Gasteiger partial charge is 0.465 e. The maximum absolute atomic E-state index is 11.9. The SMILES string of the molecule is COC(=O)c1sc2nc(C)nc(N(C)C[C@H](C)C#N)c2c1C. The van der Waals surface area contributed by atoms with Crippen molar-refractivity contribution in [3.05, 3.63) is 16.3 Å². The molecule has 0 aliphatic rings. The van der Waals surface area contributed by atoms with E-state index >= 15 is 0 Å². The van der Waals surface area contributed by atoms with Gasteiger partial charge in [0.25, 0.3) is 0 Å². The highest BCUT2D eigenvalue weighted by atomic mass is 32.1. The van der Waals surface area contributed by atoms with Gasteiger partial charge in [-0.15, -0.1) is 11.3 Å². The van der Waals surface area contributed by atoms with Crippen molar-refractivity contribution in [2.45, 2.75) is 20.8 Å². The van der Waals surface area contributed by atoms with Gasteiger partial charge in [0.05, 0.1) is 24.5 Å². The summed E-state index contributed by atoms with van der Waals surface area (Å²) >= 11 is 1.31. The molecule has 0 amide bonds. The molecule has 22 heavy (non-hydrogen) atoms. The van der Waals surface area contributed by atoms with Crippen molar-refractivity contribution < 1.29 is 9.53 Å². The number of aryl methyl sites for hydroxylation is 2. The van der Waals surface area contributed by atoms with Crippen LogP contribution in [-0.2, 0) is 4.74 Å². The zero-order valence-corrected chi connectivity index (χ0v) is 14.1. The second-order valence-corrected chi connectivity index (χ2v) is 6.23. The van der Waals surface area contributed by atoms with Gasteiger partial charge in [-0.25, -0.2) is 14.8 Å². The summed E-state index contributed by atoms with van der Waals surface area (Å²) < 4.78 is 4.83. The number of hydrogen-bond acceptors (Lipinski definition) is 7. The van der Waals surface area contributed by atoms with Crippen LogP contribution >= 0.6 is 11.3 Å². The van der Waals surface area contributed by atoms with Crippen molar-refractivity contribution in [3.8, 4) is 6.07 Å². The van der Waals surface area contributed by atoms with E-state index in [1.54, 1.807) is 0 Å². The van der Waals surface area contributed by atoms with Gasteiger partial charge in [-0.2, -0.15) is 5.26 Å². The maximum Gasteiger partial charge on any atom is 0.348 e. The summed E-state index contributed by atoms with van der Waals surface area (Å²) in [6.07, 6.45) is 0. The molecule has 6 nitrogen and oxygen atoms in total. The Morgan fingerprint density at radius 2 is 2.14 bits per heavy atom. The molecule has 116 valence electrons. The summed E-state index contributed by atoms with van der Waals surface area (Å²) in [5.74, 6) is 0.900. The van der Waals surface area contributed by atoms with Crippen molar-refractivity contribution >= 4 is 33.3 Å². The van der Waals surface area contributed by atoms with E-state index in [9.17, 15) is 4.79 Å². The van der Waals surface area contributed by atoms with Crippen molar-refractivity contribution in [1.29, 1.82) is 5.26 Å². The zero-order valence-electron chi connectivity index (χ0n) is 13.3. The first kappa shape index (κ1) is 16.2. The molecule has 2 heterocycles. The van der Waals surface area contributed by atoms with Crippen LogP contribution in [0, 0.1) is 31.1 Å². The molecule has 7 heteroatoms. The van der Waals surface area contributed by atoms with Crippen LogP contribution in [0.3, 0.4) is 0 Å². The normalized spacial score (nSPS) is 12.0. The van der Waals surface area contributed by atoms with Gasteiger partial charge < -0.3 is 9.64 Å². The van der Waals surface area contributed by atoms with Crippen LogP contribution in [0.4, 0.5) is 5.82 Å². The van der Waals surface area contributed by atoms with E-state index in [-0.39, 0.29) is 11.9 Å². The van der Waals surface area contributed by atoms with Crippen LogP contribution in [0.15, 0.2) is 0 Å². The maximum atomic E-state index is 11.9. The minimum absolute atomic E-state index is 0.116. The highest BCUT2D eigenvalue weighted by molar-refractivity contribution is 7.20. The highest BCUT2D eigenvalue weighted by Gasteiger charge is 2.22. The molecule has 0 aliphatic heterocycles. The highest BCUT2D eigenvalue weighted by Crippen LogP contribution is 2.35. The molecular formula is C15H18N4O2S. The quantitative estimate of drug-likeness (QED) is 0.806. The van der Waals surface area contributed by atoms with Crippen LogP contribution in [0.1, 0.15) is 28.0 Å². The van der Waals surface area contributed by atoms with Gasteiger partial charge in [-0.05, 0) is 26.3 Å². The van der Waals surface area contributed by atoms with E-state index in [1.807, 2.05) is 32.7 Å². The number of anilines is 1. The number of methoxy groups -OCH3 is 1. The van der Waals surface area contributed by atoms with Crippen molar-refractivity contribution in [3.63, 3.8) is 0 Å². The number of hydrogen-bond donors (Lipinski definition) is 0. The van der Waals surface area contributed by atoms with Gasteiger partial charge in [0.15, 0.2) is 0 Å². The lowest BCUT2D eigenvalue weighted by Crippen LogP contribution is -2.24. The summed E-state index contributed by atoms with van der Waals surface area (Å²) in [6.45, 7) is 6.11. The molecule has 2 aromatic rings. The topological polar surface area (TPSA) is 79.1 Å². The molecule has 2 rings (SSSR count). The number of carbonyl (C=O) groups excluding carboxylic acids is 1. The minimum atomic E-state index is -0.364. The smallest absolute Gasteiger partial charge is 0.348 e. The van der Waals surface area contributed by atoms with Gasteiger partial charge >= 0.3 is 5.97 Å². The lowest BCUT2D eigenvalue weighted by atomic mass is 10.1. The number of rotatable bonds is 4.